The van der Waals surface area contributed by atoms with Gasteiger partial charge in [0.05, 0.1) is 29.6 Å². The number of methoxy groups -OCH3 is 1. The maximum Gasteiger partial charge on any atom is 0.331 e. The van der Waals surface area contributed by atoms with E-state index in [1.807, 2.05) is 70.2 Å². The number of nitriles is 1. The van der Waals surface area contributed by atoms with Crippen LogP contribution in [0.5, 0.6) is 17.2 Å². The Bertz CT molecular complexity index is 2010. The first-order valence-electron chi connectivity index (χ1n) is 15.6. The fraction of sp³-hybridized carbons (Fsp3) is 0.306. The smallest absolute Gasteiger partial charge is 0.331 e. The second-order valence-electron chi connectivity index (χ2n) is 12.9. The highest BCUT2D eigenvalue weighted by atomic mass is 32.1. The molecule has 2 aromatic heterocycles. The summed E-state index contributed by atoms with van der Waals surface area (Å²) in [6, 6.07) is 15.9. The normalized spacial score (nSPS) is 16.3. The molecule has 1 fully saturated rings. The molecule has 1 unspecified atom stereocenters. The van der Waals surface area contributed by atoms with E-state index in [1.54, 1.807) is 41.3 Å². The average Bonchev–Trinajstić information content (AvgIpc) is 3.43. The lowest BCUT2D eigenvalue weighted by atomic mass is 9.93. The van der Waals surface area contributed by atoms with Crippen molar-refractivity contribution in [2.24, 2.45) is 5.41 Å². The molecule has 6 rings (SSSR count). The van der Waals surface area contributed by atoms with Crippen molar-refractivity contribution in [1.82, 2.24) is 15.2 Å². The summed E-state index contributed by atoms with van der Waals surface area (Å²) in [5.41, 5.74) is 2.25. The molecule has 4 aromatic rings. The minimum Gasteiger partial charge on any atom is -0.493 e. The van der Waals surface area contributed by atoms with Gasteiger partial charge in [-0.2, -0.15) is 5.26 Å². The van der Waals surface area contributed by atoms with Crippen LogP contribution in [0.15, 0.2) is 66.4 Å². The molecule has 2 aliphatic rings. The number of likely N-dealkylation sites (tertiary alicyclic amines) is 1. The van der Waals surface area contributed by atoms with Crippen LogP contribution in [0.25, 0.3) is 10.2 Å². The van der Waals surface area contributed by atoms with Crippen LogP contribution in [0.1, 0.15) is 48.8 Å². The number of hydrogen-bond acceptors (Lipinski definition) is 8. The van der Waals surface area contributed by atoms with Crippen molar-refractivity contribution < 1.29 is 23.9 Å². The van der Waals surface area contributed by atoms with Crippen LogP contribution in [0, 0.1) is 23.7 Å². The Morgan fingerprint density at radius 3 is 2.62 bits per heavy atom. The van der Waals surface area contributed by atoms with Crippen molar-refractivity contribution in [3.8, 4) is 23.3 Å². The van der Waals surface area contributed by atoms with Gasteiger partial charge in [0.1, 0.15) is 27.1 Å². The van der Waals surface area contributed by atoms with Gasteiger partial charge in [-0.1, -0.05) is 39.0 Å². The van der Waals surface area contributed by atoms with Crippen molar-refractivity contribution >= 4 is 56.5 Å². The highest BCUT2D eigenvalue weighted by molar-refractivity contribution is 7.21. The van der Waals surface area contributed by atoms with Gasteiger partial charge in [-0.05, 0) is 67.1 Å². The monoisotopic (exact) mass is 664 g/mol. The summed E-state index contributed by atoms with van der Waals surface area (Å²) in [6.45, 7) is 8.49. The van der Waals surface area contributed by atoms with Crippen LogP contribution < -0.4 is 25.0 Å². The summed E-state index contributed by atoms with van der Waals surface area (Å²) in [4.78, 5) is 49.3. The van der Waals surface area contributed by atoms with Gasteiger partial charge in [-0.25, -0.2) is 9.78 Å². The molecule has 246 valence electrons. The molecule has 0 spiro atoms. The molecule has 2 aliphatic heterocycles. The van der Waals surface area contributed by atoms with Crippen LogP contribution in [0.3, 0.4) is 0 Å². The first-order valence-corrected chi connectivity index (χ1v) is 16.5. The number of amides is 4. The quantitative estimate of drug-likeness (QED) is 0.156. The second kappa shape index (κ2) is 13.0. The molecule has 1 atom stereocenters. The summed E-state index contributed by atoms with van der Waals surface area (Å²) in [6.07, 6.45) is 4.67. The van der Waals surface area contributed by atoms with Gasteiger partial charge in [0, 0.05) is 25.3 Å². The number of rotatable bonds is 7. The Morgan fingerprint density at radius 1 is 1.15 bits per heavy atom. The lowest BCUT2D eigenvalue weighted by Gasteiger charge is -2.33. The third-order valence-electron chi connectivity index (χ3n) is 8.13. The maximum atomic E-state index is 13.7. The largest absolute Gasteiger partial charge is 0.493 e. The maximum absolute atomic E-state index is 13.7. The fourth-order valence-corrected chi connectivity index (χ4v) is 7.05. The van der Waals surface area contributed by atoms with Crippen molar-refractivity contribution in [3.63, 3.8) is 0 Å². The summed E-state index contributed by atoms with van der Waals surface area (Å²) in [5, 5.41) is 16.3. The summed E-state index contributed by atoms with van der Waals surface area (Å²) in [7, 11) is 1.58. The molecule has 4 amide bonds. The van der Waals surface area contributed by atoms with E-state index in [9.17, 15) is 19.6 Å². The van der Waals surface area contributed by atoms with Crippen molar-refractivity contribution in [2.75, 3.05) is 30.4 Å². The number of carbonyl (C=O) groups excluding carboxylic acids is 3. The van der Waals surface area contributed by atoms with Crippen LogP contribution in [0.2, 0.25) is 0 Å². The van der Waals surface area contributed by atoms with Crippen molar-refractivity contribution in [3.05, 3.63) is 76.8 Å². The van der Waals surface area contributed by atoms with E-state index in [-0.39, 0.29) is 35.4 Å². The number of aromatic nitrogens is 1. The molecule has 0 saturated carbocycles. The van der Waals surface area contributed by atoms with Crippen molar-refractivity contribution in [2.45, 2.75) is 46.6 Å². The molecule has 2 aromatic carbocycles. The topological polar surface area (TPSA) is 137 Å². The zero-order chi connectivity index (χ0) is 34.2. The highest BCUT2D eigenvalue weighted by Gasteiger charge is 2.35. The molecule has 1 saturated heterocycles. The number of piperidine rings is 1. The second-order valence-corrected chi connectivity index (χ2v) is 13.9. The zero-order valence-corrected chi connectivity index (χ0v) is 28.2. The zero-order valence-electron chi connectivity index (χ0n) is 27.4. The number of allylic oxidation sites excluding steroid dienone is 1. The molecular weight excluding hydrogens is 628 g/mol. The average molecular weight is 665 g/mol. The number of nitrogens with zero attached hydrogens (tertiary/aromatic N) is 4. The van der Waals surface area contributed by atoms with E-state index >= 15 is 0 Å². The van der Waals surface area contributed by atoms with Crippen molar-refractivity contribution in [1.29, 1.82) is 5.26 Å². The number of para-hydroxylation sites is 2. The van der Waals surface area contributed by atoms with Gasteiger partial charge in [0.15, 0.2) is 11.5 Å². The predicted molar refractivity (Wildman–Crippen MR) is 185 cm³/mol. The van der Waals surface area contributed by atoms with E-state index in [1.165, 1.54) is 11.3 Å². The van der Waals surface area contributed by atoms with Gasteiger partial charge in [-0.3, -0.25) is 14.5 Å². The summed E-state index contributed by atoms with van der Waals surface area (Å²) >= 11 is 1.20. The molecular formula is C36H36N6O5S. The third-order valence-corrected chi connectivity index (χ3v) is 9.23. The minimum atomic E-state index is -0.409. The van der Waals surface area contributed by atoms with Gasteiger partial charge in [-0.15, -0.1) is 11.3 Å². The number of anilines is 3. The van der Waals surface area contributed by atoms with Gasteiger partial charge in [0.25, 0.3) is 11.8 Å². The summed E-state index contributed by atoms with van der Waals surface area (Å²) < 4.78 is 11.5. The van der Waals surface area contributed by atoms with Gasteiger partial charge in [0.2, 0.25) is 0 Å². The molecule has 4 heterocycles. The van der Waals surface area contributed by atoms with Crippen LogP contribution in [0.4, 0.5) is 21.9 Å². The number of pyridine rings is 1. The Labute approximate surface area is 282 Å². The van der Waals surface area contributed by atoms with Crippen LogP contribution >= 0.6 is 11.3 Å². The Kier molecular flexibility index (Phi) is 8.81. The number of urea groups is 1. The lowest BCUT2D eigenvalue weighted by molar-refractivity contribution is -0.128. The number of ether oxygens (including phenoxy) is 2. The molecule has 0 aliphatic carbocycles. The van der Waals surface area contributed by atoms with E-state index in [4.69, 9.17) is 9.47 Å². The number of benzene rings is 2. The molecule has 2 N–H and O–H groups in total. The van der Waals surface area contributed by atoms with Gasteiger partial charge < -0.3 is 25.0 Å². The van der Waals surface area contributed by atoms with E-state index in [0.29, 0.717) is 68.8 Å². The molecule has 11 nitrogen and oxygen atoms in total. The number of thiophene rings is 1. The SMILES string of the molecule is COc1ccccc1Oc1ccc(N2C(=O)Nc3c(C(=O)NC4CCCN(C(=O)C(C#N)=CC(C)(C)C)C4)sc4nccc2c34)c(C)c1. The van der Waals surface area contributed by atoms with E-state index in [2.05, 4.69) is 15.6 Å². The standard InChI is InChI=1S/C36H36N6O5S/c1-21-17-24(47-28-11-7-6-10-27(28)46-5)12-13-25(21)42-26-14-15-38-33-29(26)30(40-35(42)45)31(48-33)32(43)39-23-9-8-16-41(20-23)34(44)22(19-37)18-36(2,3)4/h6-7,10-15,17-18,23H,8-9,16,20H2,1-5H3,(H,39,43)(H,40,45). The van der Waals surface area contributed by atoms with E-state index in [0.717, 1.165) is 5.56 Å². The number of nitrogens with one attached hydrogen (secondary N) is 2. The van der Waals surface area contributed by atoms with Crippen LogP contribution in [-0.4, -0.2) is 54.0 Å². The highest BCUT2D eigenvalue weighted by Crippen LogP contribution is 2.46. The Hall–Kier alpha value is -5.41. The van der Waals surface area contributed by atoms with Gasteiger partial charge >= 0.3 is 6.03 Å². The Balaban J connectivity index is 1.24. The van der Waals surface area contributed by atoms with Crippen LogP contribution in [-0.2, 0) is 4.79 Å². The fourth-order valence-electron chi connectivity index (χ4n) is 6.03. The predicted octanol–water partition coefficient (Wildman–Crippen LogP) is 7.31. The third kappa shape index (κ3) is 6.41. The summed E-state index contributed by atoms with van der Waals surface area (Å²) in [5.74, 6) is 1.08. The molecule has 48 heavy (non-hydrogen) atoms. The number of hydrogen-bond donors (Lipinski definition) is 2. The lowest BCUT2D eigenvalue weighted by Crippen LogP contribution is -2.50. The molecule has 0 bridgehead atoms. The minimum absolute atomic E-state index is 0.100. The number of aryl methyl sites for hydroxylation is 1. The first-order chi connectivity index (χ1) is 23.0. The Morgan fingerprint density at radius 2 is 1.92 bits per heavy atom. The number of carbonyl (C=O) groups is 3. The first kappa shape index (κ1) is 32.5. The molecule has 0 radical (unpaired) electrons. The van der Waals surface area contributed by atoms with E-state index < -0.39 is 6.03 Å². The molecule has 12 heteroatoms.